The summed E-state index contributed by atoms with van der Waals surface area (Å²) in [7, 11) is 0. The molecule has 110 valence electrons. The first-order valence-corrected chi connectivity index (χ1v) is 8.42. The van der Waals surface area contributed by atoms with E-state index in [1.54, 1.807) is 11.3 Å². The van der Waals surface area contributed by atoms with Crippen LogP contribution in [0.1, 0.15) is 37.1 Å². The molecule has 1 heterocycles. The van der Waals surface area contributed by atoms with Gasteiger partial charge in [-0.1, -0.05) is 31.0 Å². The van der Waals surface area contributed by atoms with Crippen molar-refractivity contribution in [3.63, 3.8) is 0 Å². The number of thiazole rings is 1. The van der Waals surface area contributed by atoms with E-state index in [1.165, 1.54) is 25.7 Å². The molecule has 1 aliphatic rings. The van der Waals surface area contributed by atoms with E-state index in [0.717, 1.165) is 22.0 Å². The van der Waals surface area contributed by atoms with Crippen molar-refractivity contribution in [2.24, 2.45) is 5.92 Å². The largest absolute Gasteiger partial charge is 0.325 e. The first-order chi connectivity index (χ1) is 10.2. The summed E-state index contributed by atoms with van der Waals surface area (Å²) < 4.78 is 0. The summed E-state index contributed by atoms with van der Waals surface area (Å²) in [5.74, 6) is 0.694. The number of hydrogen-bond acceptors (Lipinski definition) is 3. The minimum atomic E-state index is 0.126. The Hall–Kier alpha value is -1.68. The predicted octanol–water partition coefficient (Wildman–Crippen LogP) is 4.64. The fourth-order valence-electron chi connectivity index (χ4n) is 2.98. The molecule has 1 fully saturated rings. The number of anilines is 1. The normalized spacial score (nSPS) is 15.3. The number of rotatable bonds is 4. The zero-order valence-corrected chi connectivity index (χ0v) is 13.1. The van der Waals surface area contributed by atoms with Crippen LogP contribution in [0.3, 0.4) is 0 Å². The Morgan fingerprint density at radius 3 is 2.81 bits per heavy atom. The van der Waals surface area contributed by atoms with E-state index in [4.69, 9.17) is 0 Å². The number of carbonyl (C=O) groups excluding carboxylic acids is 1. The molecule has 21 heavy (non-hydrogen) atoms. The van der Waals surface area contributed by atoms with Crippen LogP contribution >= 0.6 is 11.3 Å². The number of hydrogen-bond donors (Lipinski definition) is 1. The Bertz CT molecular complexity index is 629. The lowest BCUT2D eigenvalue weighted by molar-refractivity contribution is -0.117. The summed E-state index contributed by atoms with van der Waals surface area (Å²) in [6.45, 7) is 2.00. The fourth-order valence-corrected chi connectivity index (χ4v) is 3.59. The maximum absolute atomic E-state index is 12.2. The molecule has 3 rings (SSSR count). The molecule has 1 aromatic heterocycles. The molecule has 0 saturated heterocycles. The highest BCUT2D eigenvalue weighted by Crippen LogP contribution is 2.31. The van der Waals surface area contributed by atoms with Crippen molar-refractivity contribution in [2.45, 2.75) is 39.0 Å². The van der Waals surface area contributed by atoms with E-state index >= 15 is 0 Å². The molecule has 0 aliphatic heterocycles. The third-order valence-corrected chi connectivity index (χ3v) is 4.82. The summed E-state index contributed by atoms with van der Waals surface area (Å²) in [5.41, 5.74) is 2.81. The van der Waals surface area contributed by atoms with E-state index in [9.17, 15) is 4.79 Å². The predicted molar refractivity (Wildman–Crippen MR) is 87.5 cm³/mol. The third-order valence-electron chi connectivity index (χ3n) is 4.04. The van der Waals surface area contributed by atoms with E-state index in [0.29, 0.717) is 12.3 Å². The van der Waals surface area contributed by atoms with Gasteiger partial charge in [-0.05, 0) is 31.7 Å². The number of nitrogens with one attached hydrogen (secondary N) is 1. The van der Waals surface area contributed by atoms with Gasteiger partial charge >= 0.3 is 0 Å². The summed E-state index contributed by atoms with van der Waals surface area (Å²) in [5, 5.41) is 6.15. The van der Waals surface area contributed by atoms with Crippen molar-refractivity contribution in [3.8, 4) is 11.3 Å². The lowest BCUT2D eigenvalue weighted by Gasteiger charge is -2.12. The Balaban J connectivity index is 1.74. The average molecular weight is 300 g/mol. The van der Waals surface area contributed by atoms with Gasteiger partial charge in [0.15, 0.2) is 0 Å². The standard InChI is InChI=1S/C17H20N2OS/c1-12-18-16(11-21-12)14-8-4-5-9-15(14)19-17(20)10-13-6-2-3-7-13/h4-5,8-9,11,13H,2-3,6-7,10H2,1H3,(H,19,20). The summed E-state index contributed by atoms with van der Waals surface area (Å²) in [6.07, 6.45) is 5.57. The molecule has 0 spiro atoms. The van der Waals surface area contributed by atoms with Crippen LogP contribution in [0.2, 0.25) is 0 Å². The first-order valence-electron chi connectivity index (χ1n) is 7.54. The second kappa shape index (κ2) is 6.39. The van der Waals surface area contributed by atoms with Crippen LogP contribution in [0, 0.1) is 12.8 Å². The highest BCUT2D eigenvalue weighted by Gasteiger charge is 2.19. The molecule has 1 aliphatic carbocycles. The van der Waals surface area contributed by atoms with Gasteiger partial charge in [-0.2, -0.15) is 0 Å². The van der Waals surface area contributed by atoms with Gasteiger partial charge in [0.25, 0.3) is 0 Å². The molecule has 0 bridgehead atoms. The van der Waals surface area contributed by atoms with Crippen molar-refractivity contribution in [1.29, 1.82) is 0 Å². The van der Waals surface area contributed by atoms with Crippen LogP contribution in [0.25, 0.3) is 11.3 Å². The SMILES string of the molecule is Cc1nc(-c2ccccc2NC(=O)CC2CCCC2)cs1. The molecule has 0 atom stereocenters. The van der Waals surface area contributed by atoms with Crippen molar-refractivity contribution >= 4 is 22.9 Å². The first kappa shape index (κ1) is 14.3. The monoisotopic (exact) mass is 300 g/mol. The molecule has 1 amide bonds. The van der Waals surface area contributed by atoms with Crippen LogP contribution < -0.4 is 5.32 Å². The number of amides is 1. The topological polar surface area (TPSA) is 42.0 Å². The van der Waals surface area contributed by atoms with Gasteiger partial charge < -0.3 is 5.32 Å². The number of benzene rings is 1. The van der Waals surface area contributed by atoms with Gasteiger partial charge in [0.1, 0.15) is 0 Å². The second-order valence-electron chi connectivity index (χ2n) is 5.70. The maximum atomic E-state index is 12.2. The zero-order valence-electron chi connectivity index (χ0n) is 12.3. The number of aromatic nitrogens is 1. The van der Waals surface area contributed by atoms with E-state index in [1.807, 2.05) is 36.6 Å². The lowest BCUT2D eigenvalue weighted by atomic mass is 10.0. The molecule has 0 unspecified atom stereocenters. The average Bonchev–Trinajstić information content (AvgIpc) is 3.11. The van der Waals surface area contributed by atoms with Crippen LogP contribution in [0.5, 0.6) is 0 Å². The fraction of sp³-hybridized carbons (Fsp3) is 0.412. The zero-order chi connectivity index (χ0) is 14.7. The van der Waals surface area contributed by atoms with Gasteiger partial charge in [0.2, 0.25) is 5.91 Å². The lowest BCUT2D eigenvalue weighted by Crippen LogP contribution is -2.15. The summed E-state index contributed by atoms with van der Waals surface area (Å²) in [6, 6.07) is 7.90. The number of nitrogens with zero attached hydrogens (tertiary/aromatic N) is 1. The quantitative estimate of drug-likeness (QED) is 0.894. The minimum Gasteiger partial charge on any atom is -0.325 e. The van der Waals surface area contributed by atoms with Crippen LogP contribution in [0.4, 0.5) is 5.69 Å². The Morgan fingerprint density at radius 2 is 2.10 bits per heavy atom. The van der Waals surface area contributed by atoms with Gasteiger partial charge in [0.05, 0.1) is 16.4 Å². The molecule has 3 nitrogen and oxygen atoms in total. The van der Waals surface area contributed by atoms with Crippen molar-refractivity contribution in [3.05, 3.63) is 34.7 Å². The summed E-state index contributed by atoms with van der Waals surface area (Å²) in [4.78, 5) is 16.7. The van der Waals surface area contributed by atoms with Crippen LogP contribution in [-0.2, 0) is 4.79 Å². The molecule has 1 aromatic carbocycles. The van der Waals surface area contributed by atoms with Crippen LogP contribution in [-0.4, -0.2) is 10.9 Å². The maximum Gasteiger partial charge on any atom is 0.224 e. The molecule has 1 N–H and O–H groups in total. The van der Waals surface area contributed by atoms with E-state index in [2.05, 4.69) is 10.3 Å². The molecule has 1 saturated carbocycles. The second-order valence-corrected chi connectivity index (χ2v) is 6.76. The Kier molecular flexibility index (Phi) is 4.34. The molecule has 4 heteroatoms. The van der Waals surface area contributed by atoms with E-state index < -0.39 is 0 Å². The van der Waals surface area contributed by atoms with Crippen LogP contribution in [0.15, 0.2) is 29.6 Å². The number of aryl methyl sites for hydroxylation is 1. The van der Waals surface area contributed by atoms with Crippen molar-refractivity contribution in [2.75, 3.05) is 5.32 Å². The van der Waals surface area contributed by atoms with E-state index in [-0.39, 0.29) is 5.91 Å². The highest BCUT2D eigenvalue weighted by molar-refractivity contribution is 7.09. The third kappa shape index (κ3) is 3.50. The molecular formula is C17H20N2OS. The number of para-hydroxylation sites is 1. The highest BCUT2D eigenvalue weighted by atomic mass is 32.1. The minimum absolute atomic E-state index is 0.126. The van der Waals surface area contributed by atoms with Gasteiger partial charge in [-0.15, -0.1) is 11.3 Å². The Morgan fingerprint density at radius 1 is 1.33 bits per heavy atom. The summed E-state index contributed by atoms with van der Waals surface area (Å²) >= 11 is 1.63. The number of carbonyl (C=O) groups is 1. The van der Waals surface area contributed by atoms with Gasteiger partial charge in [0, 0.05) is 17.4 Å². The molecule has 0 radical (unpaired) electrons. The Labute approximate surface area is 129 Å². The smallest absolute Gasteiger partial charge is 0.224 e. The molecular weight excluding hydrogens is 280 g/mol. The van der Waals surface area contributed by atoms with Gasteiger partial charge in [-0.25, -0.2) is 4.98 Å². The van der Waals surface area contributed by atoms with Crippen molar-refractivity contribution < 1.29 is 4.79 Å². The van der Waals surface area contributed by atoms with Crippen molar-refractivity contribution in [1.82, 2.24) is 4.98 Å². The molecule has 2 aromatic rings. The van der Waals surface area contributed by atoms with Gasteiger partial charge in [-0.3, -0.25) is 4.79 Å².